The number of aromatic nitrogens is 3. The molecule has 5 nitrogen and oxygen atoms in total. The number of H-pyrrole nitrogens is 1. The van der Waals surface area contributed by atoms with Gasteiger partial charge < -0.3 is 10.2 Å². The molecule has 0 amide bonds. The van der Waals surface area contributed by atoms with Gasteiger partial charge >= 0.3 is 0 Å². The molecule has 1 saturated carbocycles. The van der Waals surface area contributed by atoms with Crippen LogP contribution in [0.15, 0.2) is 0 Å². The van der Waals surface area contributed by atoms with E-state index in [4.69, 9.17) is 0 Å². The van der Waals surface area contributed by atoms with Crippen LogP contribution in [0.1, 0.15) is 44.3 Å². The van der Waals surface area contributed by atoms with E-state index in [1.54, 1.807) is 0 Å². The van der Waals surface area contributed by atoms with E-state index < -0.39 is 0 Å². The highest BCUT2D eigenvalue weighted by Gasteiger charge is 2.28. The largest absolute Gasteiger partial charge is 0.340 e. The number of hydrogen-bond acceptors (Lipinski definition) is 4. The van der Waals surface area contributed by atoms with Crippen LogP contribution in [0, 0.1) is 5.92 Å². The van der Waals surface area contributed by atoms with Crippen LogP contribution in [0.25, 0.3) is 0 Å². The summed E-state index contributed by atoms with van der Waals surface area (Å²) in [6.45, 7) is 6.59. The highest BCUT2D eigenvalue weighted by Crippen LogP contribution is 2.38. The van der Waals surface area contributed by atoms with Gasteiger partial charge in [-0.3, -0.25) is 5.10 Å². The molecule has 0 aromatic carbocycles. The molecule has 1 saturated heterocycles. The normalized spacial score (nSPS) is 21.5. The van der Waals surface area contributed by atoms with Crippen molar-refractivity contribution >= 4 is 5.95 Å². The quantitative estimate of drug-likeness (QED) is 0.830. The van der Waals surface area contributed by atoms with Gasteiger partial charge in [0.1, 0.15) is 5.82 Å². The Morgan fingerprint density at radius 1 is 1.28 bits per heavy atom. The van der Waals surface area contributed by atoms with Crippen LogP contribution >= 0.6 is 0 Å². The predicted molar refractivity (Wildman–Crippen MR) is 71.8 cm³/mol. The standard InChI is InChI=1S/C13H23N5/c1-2-14-9-10-5-7-18(8-6-10)13-15-12(16-17-13)11-3-4-11/h10-11,14H,2-9H2,1H3,(H,15,16,17). The lowest BCUT2D eigenvalue weighted by molar-refractivity contribution is 0.384. The summed E-state index contributed by atoms with van der Waals surface area (Å²) in [5, 5.41) is 10.9. The molecule has 1 aliphatic heterocycles. The minimum absolute atomic E-state index is 0.664. The van der Waals surface area contributed by atoms with Gasteiger partial charge in [-0.15, -0.1) is 5.10 Å². The van der Waals surface area contributed by atoms with Gasteiger partial charge in [0.25, 0.3) is 0 Å². The molecule has 2 fully saturated rings. The third kappa shape index (κ3) is 2.66. The van der Waals surface area contributed by atoms with Gasteiger partial charge in [0, 0.05) is 19.0 Å². The van der Waals surface area contributed by atoms with E-state index >= 15 is 0 Å². The first-order chi connectivity index (χ1) is 8.86. The molecule has 2 N–H and O–H groups in total. The van der Waals surface area contributed by atoms with Crippen LogP contribution in [0.5, 0.6) is 0 Å². The van der Waals surface area contributed by atoms with Crippen molar-refractivity contribution in [3.63, 3.8) is 0 Å². The molecule has 18 heavy (non-hydrogen) atoms. The van der Waals surface area contributed by atoms with Gasteiger partial charge in [0.05, 0.1) is 0 Å². The topological polar surface area (TPSA) is 56.8 Å². The molecule has 100 valence electrons. The summed E-state index contributed by atoms with van der Waals surface area (Å²) in [4.78, 5) is 6.95. The lowest BCUT2D eigenvalue weighted by atomic mass is 9.97. The summed E-state index contributed by atoms with van der Waals surface area (Å²) >= 11 is 0. The fourth-order valence-electron chi connectivity index (χ4n) is 2.63. The minimum Gasteiger partial charge on any atom is -0.340 e. The fourth-order valence-corrected chi connectivity index (χ4v) is 2.63. The molecule has 2 heterocycles. The second-order valence-electron chi connectivity index (χ2n) is 5.53. The van der Waals surface area contributed by atoms with Crippen molar-refractivity contribution in [2.24, 2.45) is 5.92 Å². The lowest BCUT2D eigenvalue weighted by Crippen LogP contribution is -2.37. The first-order valence-electron chi connectivity index (χ1n) is 7.24. The van der Waals surface area contributed by atoms with Gasteiger partial charge in [-0.25, -0.2) is 0 Å². The minimum atomic E-state index is 0.664. The van der Waals surface area contributed by atoms with Gasteiger partial charge in [0.2, 0.25) is 5.95 Å². The number of piperidine rings is 1. The maximum Gasteiger partial charge on any atom is 0.244 e. The second-order valence-corrected chi connectivity index (χ2v) is 5.53. The second kappa shape index (κ2) is 5.26. The first-order valence-corrected chi connectivity index (χ1v) is 7.24. The van der Waals surface area contributed by atoms with Crippen LogP contribution in [0.2, 0.25) is 0 Å². The van der Waals surface area contributed by atoms with E-state index in [9.17, 15) is 0 Å². The Labute approximate surface area is 108 Å². The third-order valence-electron chi connectivity index (χ3n) is 4.04. The fraction of sp³-hybridized carbons (Fsp3) is 0.846. The lowest BCUT2D eigenvalue weighted by Gasteiger charge is -2.31. The molecule has 0 atom stereocenters. The zero-order chi connectivity index (χ0) is 12.4. The molecule has 5 heteroatoms. The average Bonchev–Trinajstić information content (AvgIpc) is 3.15. The van der Waals surface area contributed by atoms with Gasteiger partial charge in [-0.2, -0.15) is 4.98 Å². The zero-order valence-corrected chi connectivity index (χ0v) is 11.2. The van der Waals surface area contributed by atoms with E-state index in [1.165, 1.54) is 25.7 Å². The van der Waals surface area contributed by atoms with E-state index in [1.807, 2.05) is 0 Å². The number of anilines is 1. The predicted octanol–water partition coefficient (Wildman–Crippen LogP) is 1.51. The van der Waals surface area contributed by atoms with Gasteiger partial charge in [-0.05, 0) is 44.7 Å². The van der Waals surface area contributed by atoms with Crippen LogP contribution < -0.4 is 10.2 Å². The van der Waals surface area contributed by atoms with E-state index in [-0.39, 0.29) is 0 Å². The highest BCUT2D eigenvalue weighted by atomic mass is 15.4. The molecule has 0 spiro atoms. The van der Waals surface area contributed by atoms with E-state index in [2.05, 4.69) is 32.3 Å². The summed E-state index contributed by atoms with van der Waals surface area (Å²) < 4.78 is 0. The van der Waals surface area contributed by atoms with Gasteiger partial charge in [0.15, 0.2) is 0 Å². The highest BCUT2D eigenvalue weighted by molar-refractivity contribution is 5.30. The summed E-state index contributed by atoms with van der Waals surface area (Å²) in [7, 11) is 0. The smallest absolute Gasteiger partial charge is 0.244 e. The molecule has 1 aromatic heterocycles. The van der Waals surface area contributed by atoms with Crippen molar-refractivity contribution in [2.45, 2.75) is 38.5 Å². The molecule has 0 radical (unpaired) electrons. The molecular formula is C13H23N5. The monoisotopic (exact) mass is 249 g/mol. The van der Waals surface area contributed by atoms with Crippen LogP contribution in [0.4, 0.5) is 5.95 Å². The Morgan fingerprint density at radius 3 is 2.72 bits per heavy atom. The molecule has 1 aromatic rings. The van der Waals surface area contributed by atoms with Gasteiger partial charge in [-0.1, -0.05) is 6.92 Å². The Bertz CT molecular complexity index is 376. The SMILES string of the molecule is CCNCC1CCN(c2n[nH]c(C3CC3)n2)CC1. The Hall–Kier alpha value is -1.10. The van der Waals surface area contributed by atoms with Crippen LogP contribution in [0.3, 0.4) is 0 Å². The third-order valence-corrected chi connectivity index (χ3v) is 4.04. The molecular weight excluding hydrogens is 226 g/mol. The number of nitrogens with one attached hydrogen (secondary N) is 2. The molecule has 2 aliphatic rings. The van der Waals surface area contributed by atoms with E-state index in [0.29, 0.717) is 5.92 Å². The first kappa shape index (κ1) is 12.0. The summed E-state index contributed by atoms with van der Waals surface area (Å²) in [6.07, 6.45) is 5.05. The van der Waals surface area contributed by atoms with E-state index in [0.717, 1.165) is 43.9 Å². The Morgan fingerprint density at radius 2 is 2.06 bits per heavy atom. The number of rotatable bonds is 5. The van der Waals surface area contributed by atoms with Crippen LogP contribution in [-0.4, -0.2) is 41.4 Å². The van der Waals surface area contributed by atoms with Crippen molar-refractivity contribution in [2.75, 3.05) is 31.1 Å². The maximum absolute atomic E-state index is 4.63. The number of nitrogens with zero attached hydrogens (tertiary/aromatic N) is 3. The average molecular weight is 249 g/mol. The van der Waals surface area contributed by atoms with Crippen LogP contribution in [-0.2, 0) is 0 Å². The molecule has 0 unspecified atom stereocenters. The van der Waals surface area contributed by atoms with Crippen molar-refractivity contribution in [1.29, 1.82) is 0 Å². The van der Waals surface area contributed by atoms with Crippen molar-refractivity contribution in [3.8, 4) is 0 Å². The molecule has 1 aliphatic carbocycles. The Balaban J connectivity index is 1.51. The summed E-state index contributed by atoms with van der Waals surface area (Å²) in [6, 6.07) is 0. The Kier molecular flexibility index (Phi) is 3.50. The molecule has 0 bridgehead atoms. The number of hydrogen-bond donors (Lipinski definition) is 2. The van der Waals surface area contributed by atoms with Crippen molar-refractivity contribution in [1.82, 2.24) is 20.5 Å². The van der Waals surface area contributed by atoms with Crippen molar-refractivity contribution in [3.05, 3.63) is 5.82 Å². The van der Waals surface area contributed by atoms with Crippen molar-refractivity contribution < 1.29 is 0 Å². The molecule has 3 rings (SSSR count). The maximum atomic E-state index is 4.63. The number of aromatic amines is 1. The zero-order valence-electron chi connectivity index (χ0n) is 11.2. The summed E-state index contributed by atoms with van der Waals surface area (Å²) in [5.41, 5.74) is 0. The summed E-state index contributed by atoms with van der Waals surface area (Å²) in [5.74, 6) is 3.50.